The van der Waals surface area contributed by atoms with Gasteiger partial charge in [-0.1, -0.05) is 12.6 Å². The number of hydrogen-bond acceptors (Lipinski definition) is 5. The highest BCUT2D eigenvalue weighted by Crippen LogP contribution is 2.28. The quantitative estimate of drug-likeness (QED) is 0.564. The number of nitrogens with one attached hydrogen (secondary N) is 2. The van der Waals surface area contributed by atoms with Crippen LogP contribution in [0.4, 0.5) is 0 Å². The lowest BCUT2D eigenvalue weighted by molar-refractivity contribution is -0.105. The lowest BCUT2D eigenvalue weighted by atomic mass is 10.1. The molecule has 1 aromatic carbocycles. The minimum absolute atomic E-state index is 0.230. The number of ether oxygens (including phenoxy) is 2. The Hall–Kier alpha value is -2.76. The maximum Gasteiger partial charge on any atom is 0.263 e. The highest BCUT2D eigenvalue weighted by Gasteiger charge is 2.19. The number of benzene rings is 1. The fourth-order valence-corrected chi connectivity index (χ4v) is 1.88. The molecule has 0 spiro atoms. The van der Waals surface area contributed by atoms with Crippen LogP contribution in [-0.4, -0.2) is 33.5 Å². The van der Waals surface area contributed by atoms with Gasteiger partial charge >= 0.3 is 0 Å². The topological polar surface area (TPSA) is 76.7 Å². The van der Waals surface area contributed by atoms with Crippen molar-refractivity contribution in [3.63, 3.8) is 0 Å². The van der Waals surface area contributed by atoms with E-state index in [2.05, 4.69) is 17.2 Å². The molecule has 0 saturated carbocycles. The summed E-state index contributed by atoms with van der Waals surface area (Å²) in [5.41, 5.74) is 1.15. The summed E-state index contributed by atoms with van der Waals surface area (Å²) in [4.78, 5) is 23.2. The van der Waals surface area contributed by atoms with Crippen molar-refractivity contribution in [1.82, 2.24) is 10.6 Å². The highest BCUT2D eigenvalue weighted by atomic mass is 16.5. The first-order valence-corrected chi connectivity index (χ1v) is 6.59. The normalized spacial score (nSPS) is 10.6. The molecule has 0 saturated heterocycles. The fourth-order valence-electron chi connectivity index (χ4n) is 1.88. The van der Waals surface area contributed by atoms with Crippen LogP contribution in [0.3, 0.4) is 0 Å². The molecule has 0 heterocycles. The molecular weight excluding hydrogens is 284 g/mol. The van der Waals surface area contributed by atoms with Gasteiger partial charge in [0.05, 0.1) is 14.2 Å². The van der Waals surface area contributed by atoms with Crippen LogP contribution in [0.25, 0.3) is 0 Å². The summed E-state index contributed by atoms with van der Waals surface area (Å²) in [6.45, 7) is 3.61. The molecule has 0 atom stereocenters. The van der Waals surface area contributed by atoms with Gasteiger partial charge in [0, 0.05) is 25.4 Å². The molecule has 0 aromatic heterocycles. The first kappa shape index (κ1) is 17.3. The maximum absolute atomic E-state index is 12.5. The first-order valence-electron chi connectivity index (χ1n) is 6.59. The van der Waals surface area contributed by atoms with Crippen molar-refractivity contribution in [2.45, 2.75) is 6.42 Å². The van der Waals surface area contributed by atoms with E-state index in [0.717, 1.165) is 0 Å². The lowest BCUT2D eigenvalue weighted by Gasteiger charge is -2.14. The average Bonchev–Trinajstić information content (AvgIpc) is 2.53. The first-order chi connectivity index (χ1) is 10.6. The minimum Gasteiger partial charge on any atom is -0.496 e. The van der Waals surface area contributed by atoms with Crippen molar-refractivity contribution in [2.75, 3.05) is 21.3 Å². The largest absolute Gasteiger partial charge is 0.496 e. The van der Waals surface area contributed by atoms with E-state index in [4.69, 9.17) is 9.47 Å². The van der Waals surface area contributed by atoms with Gasteiger partial charge in [-0.25, -0.2) is 0 Å². The van der Waals surface area contributed by atoms with E-state index in [1.54, 1.807) is 31.4 Å². The number of carbonyl (C=O) groups is 2. The lowest BCUT2D eigenvalue weighted by Crippen LogP contribution is -2.25. The molecule has 22 heavy (non-hydrogen) atoms. The van der Waals surface area contributed by atoms with Crippen LogP contribution in [0.1, 0.15) is 16.8 Å². The fraction of sp³-hybridized carbons (Fsp3) is 0.250. The summed E-state index contributed by atoms with van der Waals surface area (Å²) < 4.78 is 10.4. The van der Waals surface area contributed by atoms with E-state index in [-0.39, 0.29) is 12.0 Å². The second kappa shape index (κ2) is 8.51. The van der Waals surface area contributed by atoms with Gasteiger partial charge in [-0.2, -0.15) is 0 Å². The maximum atomic E-state index is 12.5. The zero-order valence-corrected chi connectivity index (χ0v) is 12.9. The van der Waals surface area contributed by atoms with Crippen LogP contribution in [0.5, 0.6) is 11.5 Å². The number of aldehydes is 1. The average molecular weight is 304 g/mol. The Morgan fingerprint density at radius 1 is 1.27 bits per heavy atom. The van der Waals surface area contributed by atoms with Crippen LogP contribution >= 0.6 is 0 Å². The number of hydrogen-bond donors (Lipinski definition) is 2. The number of rotatable bonds is 8. The van der Waals surface area contributed by atoms with Gasteiger partial charge in [0.25, 0.3) is 5.91 Å². The van der Waals surface area contributed by atoms with Crippen LogP contribution in [-0.2, 0) is 4.79 Å². The van der Waals surface area contributed by atoms with Crippen LogP contribution in [0, 0.1) is 0 Å². The molecule has 1 amide bonds. The number of amides is 1. The Labute approximate surface area is 129 Å². The molecule has 6 nitrogen and oxygen atoms in total. The molecule has 0 fully saturated rings. The molecule has 0 unspecified atom stereocenters. The van der Waals surface area contributed by atoms with Gasteiger partial charge in [0.15, 0.2) is 0 Å². The van der Waals surface area contributed by atoms with Gasteiger partial charge in [-0.15, -0.1) is 0 Å². The zero-order chi connectivity index (χ0) is 16.5. The molecule has 0 aliphatic rings. The standard InChI is InChI=1S/C16H20N2O4/c1-11(10-19)8-12(9-17-2)18-16(20)15-13(21-3)6-5-7-14(15)22-4/h5-7,9-10,17H,1,8H2,2-4H3,(H,18,20)/b12-9+. The van der Waals surface area contributed by atoms with Crippen molar-refractivity contribution in [3.05, 3.63) is 47.8 Å². The van der Waals surface area contributed by atoms with Gasteiger partial charge in [0.2, 0.25) is 0 Å². The molecule has 6 heteroatoms. The van der Waals surface area contributed by atoms with Crippen LogP contribution in [0.2, 0.25) is 0 Å². The smallest absolute Gasteiger partial charge is 0.263 e. The third kappa shape index (κ3) is 4.37. The Bertz CT molecular complexity index is 572. The van der Waals surface area contributed by atoms with E-state index >= 15 is 0 Å². The SMILES string of the molecule is C=C(C=O)C/C(=C\NC)NC(=O)c1c(OC)cccc1OC. The minimum atomic E-state index is -0.394. The number of allylic oxidation sites excluding steroid dienone is 1. The Morgan fingerprint density at radius 3 is 2.32 bits per heavy atom. The van der Waals surface area contributed by atoms with Gasteiger partial charge < -0.3 is 20.1 Å². The summed E-state index contributed by atoms with van der Waals surface area (Å²) in [6.07, 6.45) is 2.47. The Morgan fingerprint density at radius 2 is 1.86 bits per heavy atom. The number of methoxy groups -OCH3 is 2. The summed E-state index contributed by atoms with van der Waals surface area (Å²) >= 11 is 0. The number of carbonyl (C=O) groups excluding carboxylic acids is 2. The molecule has 0 bridgehead atoms. The van der Waals surface area contributed by atoms with E-state index in [9.17, 15) is 9.59 Å². The third-order valence-electron chi connectivity index (χ3n) is 2.83. The van der Waals surface area contributed by atoms with Crippen molar-refractivity contribution < 1.29 is 19.1 Å². The molecule has 0 aliphatic carbocycles. The van der Waals surface area contributed by atoms with Crippen molar-refractivity contribution in [3.8, 4) is 11.5 Å². The second-order valence-corrected chi connectivity index (χ2v) is 4.40. The monoisotopic (exact) mass is 304 g/mol. The third-order valence-corrected chi connectivity index (χ3v) is 2.83. The Balaban J connectivity index is 3.07. The predicted octanol–water partition coefficient (Wildman–Crippen LogP) is 1.64. The molecule has 0 radical (unpaired) electrons. The molecule has 118 valence electrons. The van der Waals surface area contributed by atoms with Crippen molar-refractivity contribution in [1.29, 1.82) is 0 Å². The Kier molecular flexibility index (Phi) is 6.69. The molecule has 1 rings (SSSR count). The van der Waals surface area contributed by atoms with E-state index < -0.39 is 5.91 Å². The summed E-state index contributed by atoms with van der Waals surface area (Å²) in [6, 6.07) is 5.07. The van der Waals surface area contributed by atoms with Gasteiger partial charge in [-0.05, 0) is 17.7 Å². The van der Waals surface area contributed by atoms with Crippen molar-refractivity contribution >= 4 is 12.2 Å². The second-order valence-electron chi connectivity index (χ2n) is 4.40. The van der Waals surface area contributed by atoms with Crippen LogP contribution in [0.15, 0.2) is 42.2 Å². The van der Waals surface area contributed by atoms with E-state index in [1.165, 1.54) is 14.2 Å². The molecule has 1 aromatic rings. The highest BCUT2D eigenvalue weighted by molar-refractivity contribution is 6.00. The summed E-state index contributed by atoms with van der Waals surface area (Å²) in [7, 11) is 4.65. The summed E-state index contributed by atoms with van der Waals surface area (Å²) in [5, 5.41) is 5.54. The molecule has 0 aliphatic heterocycles. The van der Waals surface area contributed by atoms with E-state index in [1.807, 2.05) is 0 Å². The van der Waals surface area contributed by atoms with Crippen molar-refractivity contribution in [2.24, 2.45) is 0 Å². The zero-order valence-electron chi connectivity index (χ0n) is 12.9. The predicted molar refractivity (Wildman–Crippen MR) is 84.0 cm³/mol. The van der Waals surface area contributed by atoms with Crippen LogP contribution < -0.4 is 20.1 Å². The molecular formula is C16H20N2O4. The van der Waals surface area contributed by atoms with Gasteiger partial charge in [0.1, 0.15) is 23.3 Å². The molecule has 2 N–H and O–H groups in total. The van der Waals surface area contributed by atoms with E-state index in [0.29, 0.717) is 29.1 Å². The summed E-state index contributed by atoms with van der Waals surface area (Å²) in [5.74, 6) is 0.402. The van der Waals surface area contributed by atoms with Gasteiger partial charge in [-0.3, -0.25) is 9.59 Å².